The van der Waals surface area contributed by atoms with Crippen molar-refractivity contribution in [2.24, 2.45) is 0 Å². The van der Waals surface area contributed by atoms with E-state index in [2.05, 4.69) is 41.0 Å². The molecule has 0 bridgehead atoms. The molecular weight excluding hydrogens is 181 g/mol. The zero-order valence-corrected chi connectivity index (χ0v) is 9.36. The summed E-state index contributed by atoms with van der Waals surface area (Å²) in [7, 11) is 1.63. The summed E-state index contributed by atoms with van der Waals surface area (Å²) in [5, 5.41) is 2.32. The molecule has 0 aromatic rings. The standard InChI is InChI=1S/C3H7N3OS2.Na/c1-4-2(8)5-6-3(7)9;/h1H3,(H2,4,5,8)(H2,6,7,9);/q;+1/p-1. The van der Waals surface area contributed by atoms with Crippen molar-refractivity contribution in [2.45, 2.75) is 0 Å². The second-order valence-corrected chi connectivity index (χ2v) is 1.90. The molecule has 0 spiro atoms. The van der Waals surface area contributed by atoms with Crippen LogP contribution in [0.5, 0.6) is 0 Å². The van der Waals surface area contributed by atoms with Crippen LogP contribution in [-0.2, 0) is 12.6 Å². The van der Waals surface area contributed by atoms with E-state index in [0.717, 1.165) is 0 Å². The Kier molecular flexibility index (Phi) is 9.74. The van der Waals surface area contributed by atoms with Gasteiger partial charge in [0.25, 0.3) is 0 Å². The van der Waals surface area contributed by atoms with E-state index in [4.69, 9.17) is 0 Å². The maximum Gasteiger partial charge on any atom is 1.00 e. The molecule has 0 aliphatic carbocycles. The number of carbonyl (C=O) groups is 1. The third-order valence-corrected chi connectivity index (χ3v) is 0.913. The van der Waals surface area contributed by atoms with Gasteiger partial charge in [0.2, 0.25) is 0 Å². The van der Waals surface area contributed by atoms with Gasteiger partial charge >= 0.3 is 29.6 Å². The van der Waals surface area contributed by atoms with E-state index in [1.165, 1.54) is 0 Å². The second kappa shape index (κ2) is 7.49. The molecule has 4 nitrogen and oxygen atoms in total. The molecule has 0 saturated heterocycles. The van der Waals surface area contributed by atoms with Crippen molar-refractivity contribution in [3.05, 3.63) is 0 Å². The predicted molar refractivity (Wildman–Crippen MR) is 40.7 cm³/mol. The molecule has 0 aliphatic heterocycles. The van der Waals surface area contributed by atoms with Crippen molar-refractivity contribution in [1.82, 2.24) is 16.2 Å². The van der Waals surface area contributed by atoms with Crippen molar-refractivity contribution in [3.63, 3.8) is 0 Å². The van der Waals surface area contributed by atoms with Gasteiger partial charge in [-0.05, 0) is 12.2 Å². The van der Waals surface area contributed by atoms with Gasteiger partial charge in [-0.3, -0.25) is 10.9 Å². The van der Waals surface area contributed by atoms with Crippen LogP contribution in [0.3, 0.4) is 0 Å². The van der Waals surface area contributed by atoms with Crippen LogP contribution in [0, 0.1) is 0 Å². The van der Waals surface area contributed by atoms with Crippen LogP contribution in [0.25, 0.3) is 0 Å². The molecule has 52 valence electrons. The Morgan fingerprint density at radius 1 is 1.50 bits per heavy atom. The predicted octanol–water partition coefficient (Wildman–Crippen LogP) is -3.74. The third kappa shape index (κ3) is 8.38. The summed E-state index contributed by atoms with van der Waals surface area (Å²) in [6.07, 6.45) is 0. The van der Waals surface area contributed by atoms with Gasteiger partial charge in [0.05, 0.1) is 0 Å². The average Bonchev–Trinajstić information content (AvgIpc) is 1.83. The molecule has 0 radical (unpaired) electrons. The summed E-state index contributed by atoms with van der Waals surface area (Å²) in [4.78, 5) is 10.0. The Hall–Kier alpha value is 0.380. The molecule has 7 heteroatoms. The summed E-state index contributed by atoms with van der Waals surface area (Å²) in [5.74, 6) is 0. The van der Waals surface area contributed by atoms with Crippen molar-refractivity contribution < 1.29 is 34.4 Å². The van der Waals surface area contributed by atoms with Crippen LogP contribution in [0.15, 0.2) is 0 Å². The zero-order valence-electron chi connectivity index (χ0n) is 5.72. The van der Waals surface area contributed by atoms with Crippen LogP contribution in [0.4, 0.5) is 4.79 Å². The average molecular weight is 187 g/mol. The Balaban J connectivity index is 0. The summed E-state index contributed by atoms with van der Waals surface area (Å²) >= 11 is 8.74. The number of thiocarbonyl (C=S) groups is 1. The van der Waals surface area contributed by atoms with E-state index in [0.29, 0.717) is 5.11 Å². The maximum absolute atomic E-state index is 10.0. The fraction of sp³-hybridized carbons (Fsp3) is 0.333. The Labute approximate surface area is 92.2 Å². The molecule has 0 fully saturated rings. The molecular formula is C3H6N3NaOS2. The SMILES string of the molecule is CNC(=S)NNC(=O)[S-].[Na+]. The second-order valence-electron chi connectivity index (χ2n) is 1.12. The monoisotopic (exact) mass is 187 g/mol. The van der Waals surface area contributed by atoms with Gasteiger partial charge in [-0.15, -0.1) is 0 Å². The van der Waals surface area contributed by atoms with Gasteiger partial charge in [-0.1, -0.05) is 0 Å². The maximum atomic E-state index is 10.0. The smallest absolute Gasteiger partial charge is 0.717 e. The molecule has 0 aromatic heterocycles. The molecule has 0 heterocycles. The number of hydrogen-bond donors (Lipinski definition) is 3. The number of amides is 1. The third-order valence-electron chi connectivity index (χ3n) is 0.505. The Morgan fingerprint density at radius 3 is 2.30 bits per heavy atom. The molecule has 1 amide bonds. The molecule has 0 rings (SSSR count). The Morgan fingerprint density at radius 2 is 2.00 bits per heavy atom. The first-order chi connectivity index (χ1) is 4.16. The van der Waals surface area contributed by atoms with E-state index in [-0.39, 0.29) is 29.6 Å². The van der Waals surface area contributed by atoms with Crippen molar-refractivity contribution in [1.29, 1.82) is 0 Å². The van der Waals surface area contributed by atoms with Gasteiger partial charge in [0, 0.05) is 7.05 Å². The molecule has 0 atom stereocenters. The van der Waals surface area contributed by atoms with Crippen molar-refractivity contribution in [3.8, 4) is 0 Å². The minimum Gasteiger partial charge on any atom is -0.717 e. The number of rotatable bonds is 0. The largest absolute Gasteiger partial charge is 1.00 e. The Bertz CT molecular complexity index is 131. The molecule has 10 heavy (non-hydrogen) atoms. The van der Waals surface area contributed by atoms with Gasteiger partial charge < -0.3 is 22.7 Å². The van der Waals surface area contributed by atoms with Gasteiger partial charge in [0.15, 0.2) is 5.11 Å². The molecule has 0 unspecified atom stereocenters. The van der Waals surface area contributed by atoms with Crippen molar-refractivity contribution in [2.75, 3.05) is 7.05 Å². The minimum absolute atomic E-state index is 0. The van der Waals surface area contributed by atoms with Gasteiger partial charge in [-0.25, -0.2) is 0 Å². The fourth-order valence-electron chi connectivity index (χ4n) is 0.170. The number of nitrogens with one attached hydrogen (secondary N) is 3. The quantitative estimate of drug-likeness (QED) is 0.157. The summed E-state index contributed by atoms with van der Waals surface area (Å²) in [6, 6.07) is 0. The summed E-state index contributed by atoms with van der Waals surface area (Å²) in [6.45, 7) is 0. The van der Waals surface area contributed by atoms with Crippen LogP contribution in [0.2, 0.25) is 0 Å². The van der Waals surface area contributed by atoms with Gasteiger partial charge in [-0.2, -0.15) is 0 Å². The number of hydrazine groups is 1. The van der Waals surface area contributed by atoms with E-state index < -0.39 is 5.24 Å². The summed E-state index contributed by atoms with van der Waals surface area (Å²) < 4.78 is 0. The molecule has 0 aliphatic rings. The first kappa shape index (κ1) is 13.0. The minimum atomic E-state index is -0.590. The number of hydrogen-bond acceptors (Lipinski definition) is 3. The first-order valence-electron chi connectivity index (χ1n) is 2.11. The molecule has 3 N–H and O–H groups in total. The van der Waals surface area contributed by atoms with E-state index in [9.17, 15) is 4.79 Å². The van der Waals surface area contributed by atoms with Crippen molar-refractivity contribution >= 4 is 35.2 Å². The van der Waals surface area contributed by atoms with E-state index in [1.54, 1.807) is 7.05 Å². The van der Waals surface area contributed by atoms with Crippen LogP contribution in [0.1, 0.15) is 0 Å². The first-order valence-corrected chi connectivity index (χ1v) is 2.93. The molecule has 0 saturated carbocycles. The fourth-order valence-corrected chi connectivity index (χ4v) is 0.272. The topological polar surface area (TPSA) is 53.2 Å². The van der Waals surface area contributed by atoms with Crippen LogP contribution >= 0.6 is 12.2 Å². The van der Waals surface area contributed by atoms with Crippen LogP contribution < -0.4 is 45.7 Å². The van der Waals surface area contributed by atoms with E-state index >= 15 is 0 Å². The van der Waals surface area contributed by atoms with Gasteiger partial charge in [0.1, 0.15) is 5.24 Å². The normalized spacial score (nSPS) is 6.90. The van der Waals surface area contributed by atoms with Crippen LogP contribution in [-0.4, -0.2) is 17.4 Å². The van der Waals surface area contributed by atoms with E-state index in [1.807, 2.05) is 0 Å². The molecule has 0 aromatic carbocycles. The summed E-state index contributed by atoms with van der Waals surface area (Å²) in [5.41, 5.74) is 4.47. The zero-order chi connectivity index (χ0) is 7.28. The number of carbonyl (C=O) groups excluding carboxylic acids is 1.